The molecular weight excluding hydrogens is 596 g/mol. The average molecular weight is 607 g/mol. The summed E-state index contributed by atoms with van der Waals surface area (Å²) in [6.45, 7) is 0. The van der Waals surface area contributed by atoms with Gasteiger partial charge in [-0.3, -0.25) is 20.2 Å². The van der Waals surface area contributed by atoms with Crippen LogP contribution < -0.4 is 10.2 Å². The van der Waals surface area contributed by atoms with E-state index in [1.54, 1.807) is 0 Å². The Morgan fingerprint density at radius 3 is 2.05 bits per heavy atom. The largest absolute Gasteiger partial charge is 2.00 e. The van der Waals surface area contributed by atoms with Crippen LogP contribution in [-0.4, -0.2) is 27.9 Å². The van der Waals surface area contributed by atoms with Crippen molar-refractivity contribution in [3.63, 3.8) is 0 Å². The standard InChI is InChI=1S/C22H14N6O10S.Fe/c29-20-10-21(30)17(25-26-18-7-12(27(32)33)8-19(22(18)31)28(34)35)9-16(20)24-23-15-3-1-2-11-6-13(39(36,37)38)4-5-14(11)15;/h1-10,29-31H,(H,36,37,38);/q;+2/p-3. The second kappa shape index (κ2) is 11.4. The van der Waals surface area contributed by atoms with E-state index < -0.39 is 64.9 Å². The fraction of sp³-hybridized carbons (Fsp3) is 0. The number of phenolic OH excluding ortho intramolecular Hbond substituents is 1. The maximum absolute atomic E-state index is 12.3. The molecule has 4 aromatic carbocycles. The third-order valence-corrected chi connectivity index (χ3v) is 5.98. The van der Waals surface area contributed by atoms with Gasteiger partial charge < -0.3 is 19.9 Å². The van der Waals surface area contributed by atoms with Crippen molar-refractivity contribution in [2.45, 2.75) is 4.90 Å². The Labute approximate surface area is 233 Å². The number of phenols is 1. The first kappa shape index (κ1) is 29.5. The number of benzene rings is 4. The van der Waals surface area contributed by atoms with Crippen molar-refractivity contribution >= 4 is 55.0 Å². The van der Waals surface area contributed by atoms with Gasteiger partial charge in [0.25, 0.3) is 11.4 Å². The van der Waals surface area contributed by atoms with Crippen LogP contribution in [0.1, 0.15) is 0 Å². The van der Waals surface area contributed by atoms with Crippen LogP contribution in [-0.2, 0) is 27.2 Å². The summed E-state index contributed by atoms with van der Waals surface area (Å²) in [5, 5.41) is 72.3. The molecule has 0 bridgehead atoms. The predicted octanol–water partition coefficient (Wildman–Crippen LogP) is 4.24. The van der Waals surface area contributed by atoms with Gasteiger partial charge in [-0.15, -0.1) is 10.2 Å². The van der Waals surface area contributed by atoms with Gasteiger partial charge in [0.2, 0.25) is 0 Å². The summed E-state index contributed by atoms with van der Waals surface area (Å²) in [5.41, 5.74) is -3.25. The molecular formula is C22H11FeN6O10S-. The molecule has 40 heavy (non-hydrogen) atoms. The zero-order valence-electron chi connectivity index (χ0n) is 19.3. The molecule has 16 nitrogen and oxygen atoms in total. The third-order valence-electron chi connectivity index (χ3n) is 5.15. The smallest absolute Gasteiger partial charge is 0.871 e. The predicted molar refractivity (Wildman–Crippen MR) is 127 cm³/mol. The SMILES string of the molecule is O=[N+]([O-])c1cc(N=Nc2cc(N=Nc3cccc4cc(S(=O)(=O)[O-])ccc34)c([O-])cc2O)c([O-])c([N+](=O)[O-])c1.[Fe+2]. The van der Waals surface area contributed by atoms with E-state index in [-0.39, 0.29) is 28.4 Å². The maximum atomic E-state index is 12.3. The molecule has 0 aliphatic rings. The molecule has 18 heteroatoms. The van der Waals surface area contributed by atoms with Gasteiger partial charge in [0, 0.05) is 17.2 Å². The van der Waals surface area contributed by atoms with E-state index in [4.69, 9.17) is 0 Å². The Kier molecular flexibility index (Phi) is 8.40. The van der Waals surface area contributed by atoms with Gasteiger partial charge >= 0.3 is 17.1 Å². The maximum Gasteiger partial charge on any atom is 2.00 e. The van der Waals surface area contributed by atoms with Gasteiger partial charge in [0.05, 0.1) is 37.9 Å². The molecule has 204 valence electrons. The second-order valence-electron chi connectivity index (χ2n) is 7.65. The Bertz CT molecular complexity index is 1850. The van der Waals surface area contributed by atoms with Crippen molar-refractivity contribution in [3.8, 4) is 17.2 Å². The van der Waals surface area contributed by atoms with Gasteiger partial charge in [-0.25, -0.2) is 8.42 Å². The number of non-ortho nitro benzene ring substituents is 1. The van der Waals surface area contributed by atoms with E-state index in [0.29, 0.717) is 29.0 Å². The zero-order valence-corrected chi connectivity index (χ0v) is 21.3. The summed E-state index contributed by atoms with van der Waals surface area (Å²) < 4.78 is 33.8. The first-order valence-corrected chi connectivity index (χ1v) is 11.8. The molecule has 0 saturated heterocycles. The molecule has 0 fully saturated rings. The summed E-state index contributed by atoms with van der Waals surface area (Å²) in [4.78, 5) is 19.6. The van der Waals surface area contributed by atoms with Crippen LogP contribution in [0.15, 0.2) is 86.0 Å². The molecule has 0 atom stereocenters. The van der Waals surface area contributed by atoms with Gasteiger partial charge in [0.1, 0.15) is 21.6 Å². The minimum Gasteiger partial charge on any atom is -0.871 e. The molecule has 0 saturated carbocycles. The van der Waals surface area contributed by atoms with E-state index in [9.17, 15) is 48.5 Å². The van der Waals surface area contributed by atoms with Crippen molar-refractivity contribution in [2.75, 3.05) is 0 Å². The monoisotopic (exact) mass is 607 g/mol. The van der Waals surface area contributed by atoms with Crippen LogP contribution in [0.2, 0.25) is 0 Å². The minimum atomic E-state index is -4.69. The first-order valence-electron chi connectivity index (χ1n) is 10.3. The molecule has 0 aromatic heterocycles. The van der Waals surface area contributed by atoms with E-state index in [1.165, 1.54) is 24.3 Å². The van der Waals surface area contributed by atoms with E-state index in [2.05, 4.69) is 20.5 Å². The molecule has 4 rings (SSSR count). The minimum absolute atomic E-state index is 0. The van der Waals surface area contributed by atoms with Crippen LogP contribution in [0.25, 0.3) is 10.8 Å². The van der Waals surface area contributed by atoms with Crippen LogP contribution in [0, 0.1) is 20.2 Å². The Morgan fingerprint density at radius 1 is 0.750 bits per heavy atom. The summed E-state index contributed by atoms with van der Waals surface area (Å²) in [6, 6.07) is 10.9. The molecule has 1 N–H and O–H groups in total. The van der Waals surface area contributed by atoms with Crippen LogP contribution in [0.3, 0.4) is 0 Å². The fourth-order valence-corrected chi connectivity index (χ4v) is 3.81. The quantitative estimate of drug-likeness (QED) is 0.103. The third kappa shape index (κ3) is 6.16. The van der Waals surface area contributed by atoms with Crippen LogP contribution >= 0.6 is 0 Å². The first-order chi connectivity index (χ1) is 18.3. The Balaban J connectivity index is 0.00000441. The van der Waals surface area contributed by atoms with E-state index in [0.717, 1.165) is 18.2 Å². The average Bonchev–Trinajstić information content (AvgIpc) is 2.87. The molecule has 0 aliphatic carbocycles. The van der Waals surface area contributed by atoms with Crippen molar-refractivity contribution in [2.24, 2.45) is 20.5 Å². The topological polar surface area (TPSA) is 259 Å². The number of rotatable bonds is 7. The number of hydrogen-bond donors (Lipinski definition) is 1. The Morgan fingerprint density at radius 2 is 1.40 bits per heavy atom. The summed E-state index contributed by atoms with van der Waals surface area (Å²) in [5.74, 6) is -2.77. The van der Waals surface area contributed by atoms with Crippen molar-refractivity contribution in [1.29, 1.82) is 0 Å². The van der Waals surface area contributed by atoms with Gasteiger partial charge in [0.15, 0.2) is 0 Å². The van der Waals surface area contributed by atoms with Crippen molar-refractivity contribution in [1.82, 2.24) is 0 Å². The fourth-order valence-electron chi connectivity index (χ4n) is 3.31. The van der Waals surface area contributed by atoms with Crippen LogP contribution in [0.4, 0.5) is 34.1 Å². The van der Waals surface area contributed by atoms with Gasteiger partial charge in [-0.05, 0) is 35.7 Å². The van der Waals surface area contributed by atoms with Gasteiger partial charge in [-0.1, -0.05) is 23.9 Å². The zero-order chi connectivity index (χ0) is 28.5. The van der Waals surface area contributed by atoms with Crippen molar-refractivity contribution in [3.05, 3.63) is 80.9 Å². The second-order valence-corrected chi connectivity index (χ2v) is 9.03. The summed E-state index contributed by atoms with van der Waals surface area (Å²) in [6.07, 6.45) is 0. The summed E-state index contributed by atoms with van der Waals surface area (Å²) >= 11 is 0. The van der Waals surface area contributed by atoms with E-state index in [1.807, 2.05) is 0 Å². The number of aromatic hydroxyl groups is 1. The molecule has 0 aliphatic heterocycles. The molecule has 0 heterocycles. The number of fused-ring (bicyclic) bond motifs is 1. The number of azo groups is 2. The summed E-state index contributed by atoms with van der Waals surface area (Å²) in [7, 11) is -4.69. The number of nitro benzene ring substituents is 2. The van der Waals surface area contributed by atoms with Crippen LogP contribution in [0.5, 0.6) is 17.2 Å². The molecule has 0 radical (unpaired) electrons. The number of nitro groups is 2. The van der Waals surface area contributed by atoms with Gasteiger partial charge in [-0.2, -0.15) is 10.2 Å². The van der Waals surface area contributed by atoms with Crippen molar-refractivity contribution < 1.29 is 55.2 Å². The molecule has 0 amide bonds. The molecule has 0 spiro atoms. The van der Waals surface area contributed by atoms with E-state index >= 15 is 0 Å². The Hall–Kier alpha value is -5.03. The number of hydrogen-bond acceptors (Lipinski definition) is 14. The number of nitrogens with zero attached hydrogens (tertiary/aromatic N) is 6. The molecule has 4 aromatic rings. The normalized spacial score (nSPS) is 11.6. The molecule has 0 unspecified atom stereocenters.